The number of rotatable bonds is 7. The Hall–Kier alpha value is -2.94. The van der Waals surface area contributed by atoms with Gasteiger partial charge in [0.2, 0.25) is 11.7 Å². The van der Waals surface area contributed by atoms with Crippen LogP contribution in [-0.4, -0.2) is 42.2 Å². The van der Waals surface area contributed by atoms with Gasteiger partial charge in [-0.2, -0.15) is 0 Å². The summed E-state index contributed by atoms with van der Waals surface area (Å²) in [6.07, 6.45) is 1.32. The van der Waals surface area contributed by atoms with Crippen LogP contribution in [0.2, 0.25) is 0 Å². The lowest BCUT2D eigenvalue weighted by molar-refractivity contribution is -0.117. The van der Waals surface area contributed by atoms with Gasteiger partial charge in [0.25, 0.3) is 10.0 Å². The van der Waals surface area contributed by atoms with Gasteiger partial charge >= 0.3 is 0 Å². The molecule has 8 nitrogen and oxygen atoms in total. The molecular weight excluding hydrogens is 384 g/mol. The number of carbonyl (C=O) groups excluding carboxylic acids is 1. The van der Waals surface area contributed by atoms with Crippen LogP contribution in [-0.2, 0) is 14.8 Å². The summed E-state index contributed by atoms with van der Waals surface area (Å²) in [6.45, 7) is 0.647. The summed E-state index contributed by atoms with van der Waals surface area (Å²) < 4.78 is 43.7. The molecule has 0 saturated carbocycles. The summed E-state index contributed by atoms with van der Waals surface area (Å²) in [4.78, 5) is 13.6. The fraction of sp³-hybridized carbons (Fsp3) is 0.316. The first kappa shape index (κ1) is 19.8. The molecule has 0 unspecified atom stereocenters. The highest BCUT2D eigenvalue weighted by Crippen LogP contribution is 2.40. The van der Waals surface area contributed by atoms with E-state index in [1.807, 2.05) is 0 Å². The number of methoxy groups -OCH3 is 3. The number of carbonyl (C=O) groups is 1. The highest BCUT2D eigenvalue weighted by Gasteiger charge is 2.23. The molecule has 1 saturated heterocycles. The molecule has 3 rings (SSSR count). The lowest BCUT2D eigenvalue weighted by Gasteiger charge is -2.17. The molecule has 2 aromatic carbocycles. The molecule has 0 aliphatic carbocycles. The van der Waals surface area contributed by atoms with Gasteiger partial charge < -0.3 is 19.1 Å². The van der Waals surface area contributed by atoms with Crippen LogP contribution >= 0.6 is 0 Å². The zero-order chi connectivity index (χ0) is 20.3. The molecule has 9 heteroatoms. The third kappa shape index (κ3) is 3.84. The smallest absolute Gasteiger partial charge is 0.261 e. The van der Waals surface area contributed by atoms with Crippen LogP contribution in [0.25, 0.3) is 0 Å². The number of benzene rings is 2. The zero-order valence-corrected chi connectivity index (χ0v) is 16.7. The van der Waals surface area contributed by atoms with Crippen LogP contribution in [0, 0.1) is 0 Å². The van der Waals surface area contributed by atoms with Gasteiger partial charge in [-0.25, -0.2) is 8.42 Å². The van der Waals surface area contributed by atoms with Crippen molar-refractivity contribution in [1.82, 2.24) is 0 Å². The molecule has 1 heterocycles. The van der Waals surface area contributed by atoms with Crippen LogP contribution in [0.15, 0.2) is 41.3 Å². The minimum absolute atomic E-state index is 0.0474. The van der Waals surface area contributed by atoms with Crippen molar-refractivity contribution in [2.75, 3.05) is 37.5 Å². The number of hydrogen-bond donors (Lipinski definition) is 1. The van der Waals surface area contributed by atoms with Gasteiger partial charge in [0.1, 0.15) is 0 Å². The Morgan fingerprint density at radius 1 is 0.964 bits per heavy atom. The molecule has 0 aromatic heterocycles. The highest BCUT2D eigenvalue weighted by atomic mass is 32.2. The van der Waals surface area contributed by atoms with Crippen LogP contribution in [0.3, 0.4) is 0 Å². The predicted octanol–water partition coefficient (Wildman–Crippen LogP) is 2.64. The first-order valence-electron chi connectivity index (χ1n) is 8.63. The van der Waals surface area contributed by atoms with E-state index in [0.29, 0.717) is 35.9 Å². The maximum absolute atomic E-state index is 12.7. The number of amides is 1. The van der Waals surface area contributed by atoms with Crippen LogP contribution in [0.4, 0.5) is 11.4 Å². The van der Waals surface area contributed by atoms with Crippen LogP contribution in [0.1, 0.15) is 12.8 Å². The minimum Gasteiger partial charge on any atom is -0.493 e. The summed E-state index contributed by atoms with van der Waals surface area (Å²) in [7, 11) is 0.532. The Kier molecular flexibility index (Phi) is 5.64. The highest BCUT2D eigenvalue weighted by molar-refractivity contribution is 7.92. The van der Waals surface area contributed by atoms with Gasteiger partial charge in [-0.05, 0) is 30.7 Å². The standard InChI is InChI=1S/C19H22N2O6S/c1-25-16-11-13(12-17(26-2)19(16)27-3)20-28(23,24)15-8-6-14(7-9-15)21-10-4-5-18(21)22/h6-9,11-12,20H,4-5,10H2,1-3H3. The number of nitrogens with one attached hydrogen (secondary N) is 1. The van der Waals surface area contributed by atoms with E-state index in [1.54, 1.807) is 17.0 Å². The summed E-state index contributed by atoms with van der Waals surface area (Å²) in [5, 5.41) is 0. The van der Waals surface area contributed by atoms with E-state index in [2.05, 4.69) is 4.72 Å². The van der Waals surface area contributed by atoms with Crippen molar-refractivity contribution in [1.29, 1.82) is 0 Å². The van der Waals surface area contributed by atoms with Gasteiger partial charge in [0.05, 0.1) is 31.9 Å². The SMILES string of the molecule is COc1cc(NS(=O)(=O)c2ccc(N3CCCC3=O)cc2)cc(OC)c1OC. The third-order valence-corrected chi connectivity index (χ3v) is 5.85. The molecule has 1 N–H and O–H groups in total. The van der Waals surface area contributed by atoms with E-state index < -0.39 is 10.0 Å². The van der Waals surface area contributed by atoms with Crippen LogP contribution < -0.4 is 23.8 Å². The molecule has 2 aromatic rings. The second-order valence-electron chi connectivity index (χ2n) is 6.16. The van der Waals surface area contributed by atoms with E-state index in [9.17, 15) is 13.2 Å². The Bertz CT molecular complexity index is 947. The lowest BCUT2D eigenvalue weighted by atomic mass is 10.2. The Labute approximate surface area is 164 Å². The molecule has 1 aliphatic rings. The molecule has 0 bridgehead atoms. The predicted molar refractivity (Wildman–Crippen MR) is 105 cm³/mol. The van der Waals surface area contributed by atoms with Gasteiger partial charge in [0.15, 0.2) is 11.5 Å². The van der Waals surface area contributed by atoms with Crippen molar-refractivity contribution in [3.05, 3.63) is 36.4 Å². The number of sulfonamides is 1. The van der Waals surface area contributed by atoms with E-state index in [1.165, 1.54) is 45.6 Å². The van der Waals surface area contributed by atoms with Crippen molar-refractivity contribution >= 4 is 27.3 Å². The normalized spacial score (nSPS) is 14.1. The summed E-state index contributed by atoms with van der Waals surface area (Å²) in [5.74, 6) is 1.09. The molecule has 28 heavy (non-hydrogen) atoms. The average Bonchev–Trinajstić information content (AvgIpc) is 3.12. The maximum atomic E-state index is 12.7. The molecule has 1 aliphatic heterocycles. The Morgan fingerprint density at radius 2 is 1.57 bits per heavy atom. The zero-order valence-electron chi connectivity index (χ0n) is 15.9. The first-order chi connectivity index (χ1) is 13.4. The van der Waals surface area contributed by atoms with E-state index in [0.717, 1.165) is 6.42 Å². The largest absolute Gasteiger partial charge is 0.493 e. The molecule has 1 fully saturated rings. The van der Waals surface area contributed by atoms with Crippen molar-refractivity contribution in [3.63, 3.8) is 0 Å². The second kappa shape index (κ2) is 7.97. The fourth-order valence-electron chi connectivity index (χ4n) is 3.08. The van der Waals surface area contributed by atoms with Crippen molar-refractivity contribution in [2.45, 2.75) is 17.7 Å². The van der Waals surface area contributed by atoms with Gasteiger partial charge in [-0.15, -0.1) is 0 Å². The number of ether oxygens (including phenoxy) is 3. The van der Waals surface area contributed by atoms with Crippen LogP contribution in [0.5, 0.6) is 17.2 Å². The number of hydrogen-bond acceptors (Lipinski definition) is 6. The van der Waals surface area contributed by atoms with Gasteiger partial charge in [-0.1, -0.05) is 0 Å². The fourth-order valence-corrected chi connectivity index (χ4v) is 4.12. The Balaban J connectivity index is 1.86. The Morgan fingerprint density at radius 3 is 2.04 bits per heavy atom. The van der Waals surface area contributed by atoms with E-state index in [4.69, 9.17) is 14.2 Å². The molecule has 1 amide bonds. The van der Waals surface area contributed by atoms with E-state index >= 15 is 0 Å². The topological polar surface area (TPSA) is 94.2 Å². The van der Waals surface area contributed by atoms with Gasteiger partial charge in [0, 0.05) is 30.8 Å². The lowest BCUT2D eigenvalue weighted by Crippen LogP contribution is -2.23. The monoisotopic (exact) mass is 406 g/mol. The maximum Gasteiger partial charge on any atom is 0.261 e. The molecule has 150 valence electrons. The quantitative estimate of drug-likeness (QED) is 0.760. The summed E-state index contributed by atoms with van der Waals surface area (Å²) in [6, 6.07) is 9.23. The van der Waals surface area contributed by atoms with Crippen molar-refractivity contribution in [2.24, 2.45) is 0 Å². The number of nitrogens with zero attached hydrogens (tertiary/aromatic N) is 1. The second-order valence-corrected chi connectivity index (χ2v) is 7.84. The molecule has 0 spiro atoms. The number of anilines is 2. The first-order valence-corrected chi connectivity index (χ1v) is 10.1. The molecule has 0 atom stereocenters. The van der Waals surface area contributed by atoms with Crippen molar-refractivity contribution < 1.29 is 27.4 Å². The molecular formula is C19H22N2O6S. The third-order valence-electron chi connectivity index (χ3n) is 4.45. The van der Waals surface area contributed by atoms with E-state index in [-0.39, 0.29) is 16.5 Å². The van der Waals surface area contributed by atoms with Gasteiger partial charge in [-0.3, -0.25) is 9.52 Å². The summed E-state index contributed by atoms with van der Waals surface area (Å²) >= 11 is 0. The molecule has 0 radical (unpaired) electrons. The average molecular weight is 406 g/mol. The van der Waals surface area contributed by atoms with Crippen molar-refractivity contribution in [3.8, 4) is 17.2 Å². The minimum atomic E-state index is -3.84. The summed E-state index contributed by atoms with van der Waals surface area (Å²) in [5.41, 5.74) is 0.961.